The number of aliphatic hydroxyl groups is 1. The van der Waals surface area contributed by atoms with Gasteiger partial charge < -0.3 is 9.67 Å². The standard InChI is InChI=1S/C20H20F3N3O2/c1-25(2)24-19(28)17-16(14-9-4-5-10-15(14)26(17)3)18(27)12-7-6-8-13(11-12)20(21,22)23/h4-11,18,27H,1-3H3,(H,24,28). The minimum atomic E-state index is -4.53. The third-order valence-electron chi connectivity index (χ3n) is 4.49. The van der Waals surface area contributed by atoms with Crippen molar-refractivity contribution in [2.24, 2.45) is 7.05 Å². The first-order valence-corrected chi connectivity index (χ1v) is 8.52. The molecule has 1 aromatic heterocycles. The highest BCUT2D eigenvalue weighted by Crippen LogP contribution is 2.36. The van der Waals surface area contributed by atoms with Crippen LogP contribution in [0.15, 0.2) is 48.5 Å². The van der Waals surface area contributed by atoms with Crippen LogP contribution in [0.4, 0.5) is 13.2 Å². The lowest BCUT2D eigenvalue weighted by Crippen LogP contribution is -2.37. The van der Waals surface area contributed by atoms with E-state index in [1.54, 1.807) is 50.0 Å². The quantitative estimate of drug-likeness (QED) is 0.670. The summed E-state index contributed by atoms with van der Waals surface area (Å²) >= 11 is 0. The summed E-state index contributed by atoms with van der Waals surface area (Å²) < 4.78 is 40.9. The Kier molecular flexibility index (Phi) is 5.18. The summed E-state index contributed by atoms with van der Waals surface area (Å²) in [6.07, 6.45) is -5.93. The number of nitrogens with zero attached hydrogens (tertiary/aromatic N) is 2. The van der Waals surface area contributed by atoms with Crippen molar-refractivity contribution < 1.29 is 23.1 Å². The van der Waals surface area contributed by atoms with Crippen LogP contribution in [0.5, 0.6) is 0 Å². The first-order valence-electron chi connectivity index (χ1n) is 8.52. The molecule has 3 rings (SSSR count). The number of nitrogens with one attached hydrogen (secondary N) is 1. The molecule has 1 heterocycles. The van der Waals surface area contributed by atoms with E-state index >= 15 is 0 Å². The summed E-state index contributed by atoms with van der Waals surface area (Å²) in [5.74, 6) is -0.468. The summed E-state index contributed by atoms with van der Waals surface area (Å²) in [4.78, 5) is 12.8. The van der Waals surface area contributed by atoms with Crippen LogP contribution < -0.4 is 5.43 Å². The van der Waals surface area contributed by atoms with Crippen molar-refractivity contribution in [3.63, 3.8) is 0 Å². The Morgan fingerprint density at radius 3 is 2.46 bits per heavy atom. The number of hydrazine groups is 1. The van der Waals surface area contributed by atoms with Crippen molar-refractivity contribution in [2.75, 3.05) is 14.1 Å². The van der Waals surface area contributed by atoms with Gasteiger partial charge in [-0.15, -0.1) is 0 Å². The third-order valence-corrected chi connectivity index (χ3v) is 4.49. The normalized spacial score (nSPS) is 13.1. The molecule has 0 spiro atoms. The van der Waals surface area contributed by atoms with Crippen molar-refractivity contribution in [1.82, 2.24) is 15.0 Å². The molecule has 1 atom stereocenters. The number of carbonyl (C=O) groups excluding carboxylic acids is 1. The molecule has 148 valence electrons. The maximum atomic E-state index is 13.1. The average Bonchev–Trinajstić information content (AvgIpc) is 2.93. The molecule has 1 unspecified atom stereocenters. The van der Waals surface area contributed by atoms with Crippen LogP contribution in [0.25, 0.3) is 10.9 Å². The van der Waals surface area contributed by atoms with Gasteiger partial charge in [-0.25, -0.2) is 5.01 Å². The lowest BCUT2D eigenvalue weighted by molar-refractivity contribution is -0.137. The Balaban J connectivity index is 2.20. The third kappa shape index (κ3) is 3.61. The first-order chi connectivity index (χ1) is 13.1. The lowest BCUT2D eigenvalue weighted by Gasteiger charge is -2.17. The number of para-hydroxylation sites is 1. The Labute approximate surface area is 160 Å². The van der Waals surface area contributed by atoms with E-state index in [9.17, 15) is 23.1 Å². The Bertz CT molecular complexity index is 1030. The van der Waals surface area contributed by atoms with E-state index in [1.165, 1.54) is 17.1 Å². The molecule has 0 saturated heterocycles. The zero-order valence-electron chi connectivity index (χ0n) is 15.6. The molecule has 28 heavy (non-hydrogen) atoms. The Morgan fingerprint density at radius 2 is 1.82 bits per heavy atom. The minimum Gasteiger partial charge on any atom is -0.384 e. The highest BCUT2D eigenvalue weighted by atomic mass is 19.4. The van der Waals surface area contributed by atoms with Gasteiger partial charge in [0, 0.05) is 37.6 Å². The van der Waals surface area contributed by atoms with Gasteiger partial charge in [0.15, 0.2) is 0 Å². The van der Waals surface area contributed by atoms with Crippen LogP contribution in [-0.2, 0) is 13.2 Å². The first kappa shape index (κ1) is 19.9. The van der Waals surface area contributed by atoms with Crippen LogP contribution in [0.3, 0.4) is 0 Å². The summed E-state index contributed by atoms with van der Waals surface area (Å²) in [5, 5.41) is 13.0. The van der Waals surface area contributed by atoms with Crippen molar-refractivity contribution in [3.8, 4) is 0 Å². The number of aliphatic hydroxyl groups excluding tert-OH is 1. The lowest BCUT2D eigenvalue weighted by atomic mass is 9.96. The average molecular weight is 391 g/mol. The van der Waals surface area contributed by atoms with E-state index in [0.29, 0.717) is 10.9 Å². The van der Waals surface area contributed by atoms with E-state index in [2.05, 4.69) is 5.43 Å². The van der Waals surface area contributed by atoms with Gasteiger partial charge in [0.2, 0.25) is 0 Å². The molecule has 0 bridgehead atoms. The molecule has 0 saturated carbocycles. The van der Waals surface area contributed by atoms with Gasteiger partial charge in [-0.2, -0.15) is 13.2 Å². The second kappa shape index (κ2) is 7.29. The van der Waals surface area contributed by atoms with Crippen molar-refractivity contribution >= 4 is 16.8 Å². The Morgan fingerprint density at radius 1 is 1.14 bits per heavy atom. The van der Waals surface area contributed by atoms with Gasteiger partial charge in [0.1, 0.15) is 11.8 Å². The van der Waals surface area contributed by atoms with Crippen molar-refractivity contribution in [2.45, 2.75) is 12.3 Å². The summed E-state index contributed by atoms with van der Waals surface area (Å²) in [7, 11) is 4.96. The van der Waals surface area contributed by atoms with Crippen LogP contribution in [0.1, 0.15) is 33.3 Å². The number of aryl methyl sites for hydroxylation is 1. The van der Waals surface area contributed by atoms with Crippen LogP contribution in [0.2, 0.25) is 0 Å². The zero-order valence-corrected chi connectivity index (χ0v) is 15.6. The largest absolute Gasteiger partial charge is 0.416 e. The van der Waals surface area contributed by atoms with E-state index in [-0.39, 0.29) is 16.8 Å². The topological polar surface area (TPSA) is 57.5 Å². The van der Waals surface area contributed by atoms with Gasteiger partial charge in [0.05, 0.1) is 5.56 Å². The minimum absolute atomic E-state index is 0.0603. The second-order valence-corrected chi connectivity index (χ2v) is 6.70. The van der Waals surface area contributed by atoms with Gasteiger partial charge in [0.25, 0.3) is 5.91 Å². The number of alkyl halides is 3. The monoisotopic (exact) mass is 391 g/mol. The molecule has 0 aliphatic heterocycles. The molecule has 5 nitrogen and oxygen atoms in total. The number of amides is 1. The van der Waals surface area contributed by atoms with Gasteiger partial charge in [-0.05, 0) is 23.8 Å². The summed E-state index contributed by atoms with van der Waals surface area (Å²) in [6.45, 7) is 0. The molecule has 0 radical (unpaired) electrons. The second-order valence-electron chi connectivity index (χ2n) is 6.70. The van der Waals surface area contributed by atoms with Crippen LogP contribution in [0, 0.1) is 0 Å². The number of hydrogen-bond donors (Lipinski definition) is 2. The summed E-state index contributed by atoms with van der Waals surface area (Å²) in [5.41, 5.74) is 2.96. The molecule has 2 N–H and O–H groups in total. The summed E-state index contributed by atoms with van der Waals surface area (Å²) in [6, 6.07) is 11.5. The van der Waals surface area contributed by atoms with E-state index in [4.69, 9.17) is 0 Å². The van der Waals surface area contributed by atoms with Crippen LogP contribution >= 0.6 is 0 Å². The fourth-order valence-corrected chi connectivity index (χ4v) is 3.28. The zero-order chi connectivity index (χ0) is 20.6. The van der Waals surface area contributed by atoms with Crippen molar-refractivity contribution in [1.29, 1.82) is 0 Å². The van der Waals surface area contributed by atoms with E-state index in [0.717, 1.165) is 12.1 Å². The number of fused-ring (bicyclic) bond motifs is 1. The molecular formula is C20H20F3N3O2. The molecular weight excluding hydrogens is 371 g/mol. The van der Waals surface area contributed by atoms with Crippen LogP contribution in [-0.4, -0.2) is 34.7 Å². The highest BCUT2D eigenvalue weighted by Gasteiger charge is 2.32. The number of aromatic nitrogens is 1. The molecule has 0 aliphatic rings. The van der Waals surface area contributed by atoms with Gasteiger partial charge in [-0.1, -0.05) is 30.3 Å². The smallest absolute Gasteiger partial charge is 0.384 e. The molecule has 0 fully saturated rings. The van der Waals surface area contributed by atoms with E-state index < -0.39 is 23.8 Å². The maximum absolute atomic E-state index is 13.1. The van der Waals surface area contributed by atoms with Crippen molar-refractivity contribution in [3.05, 3.63) is 70.9 Å². The maximum Gasteiger partial charge on any atom is 0.416 e. The SMILES string of the molecule is CN(C)NC(=O)c1c(C(O)c2cccc(C(F)(F)F)c2)c2ccccc2n1C. The molecule has 1 amide bonds. The van der Waals surface area contributed by atoms with Gasteiger partial charge >= 0.3 is 6.18 Å². The number of hydrogen-bond acceptors (Lipinski definition) is 3. The fraction of sp³-hybridized carbons (Fsp3) is 0.250. The Hall–Kier alpha value is -2.84. The number of rotatable bonds is 4. The number of halogens is 3. The fourth-order valence-electron chi connectivity index (χ4n) is 3.28. The molecule has 3 aromatic rings. The molecule has 2 aromatic carbocycles. The number of carbonyl (C=O) groups is 1. The molecule has 0 aliphatic carbocycles. The van der Waals surface area contributed by atoms with Gasteiger partial charge in [-0.3, -0.25) is 10.2 Å². The predicted octanol–water partition coefficient (Wildman–Crippen LogP) is 3.49. The molecule has 8 heteroatoms. The van der Waals surface area contributed by atoms with E-state index in [1.807, 2.05) is 0 Å². The number of benzene rings is 2. The predicted molar refractivity (Wildman–Crippen MR) is 99.6 cm³/mol. The highest BCUT2D eigenvalue weighted by molar-refractivity contribution is 6.02.